The normalized spacial score (nSPS) is 12.2. The predicted molar refractivity (Wildman–Crippen MR) is 49.4 cm³/mol. The minimum Gasteiger partial charge on any atom is -0.480 e. The molecule has 13 heavy (non-hydrogen) atoms. The van der Waals surface area contributed by atoms with Crippen LogP contribution in [0.15, 0.2) is 0 Å². The first-order valence-corrected chi connectivity index (χ1v) is 4.49. The van der Waals surface area contributed by atoms with E-state index in [4.69, 9.17) is 5.11 Å². The lowest BCUT2D eigenvalue weighted by atomic mass is 10.2. The van der Waals surface area contributed by atoms with Crippen molar-refractivity contribution in [1.29, 1.82) is 0 Å². The molecule has 0 rings (SSSR count). The largest absolute Gasteiger partial charge is 0.480 e. The van der Waals surface area contributed by atoms with Crippen molar-refractivity contribution in [3.8, 4) is 0 Å². The van der Waals surface area contributed by atoms with Crippen molar-refractivity contribution >= 4 is 11.9 Å². The van der Waals surface area contributed by atoms with Crippen molar-refractivity contribution in [2.24, 2.45) is 0 Å². The molecule has 0 bridgehead atoms. The van der Waals surface area contributed by atoms with Crippen LogP contribution in [0.5, 0.6) is 0 Å². The van der Waals surface area contributed by atoms with Crippen LogP contribution in [0.1, 0.15) is 33.1 Å². The summed E-state index contributed by atoms with van der Waals surface area (Å²) >= 11 is 0. The fraction of sp³-hybridized carbons (Fsp3) is 0.778. The molecule has 1 atom stereocenters. The molecule has 0 saturated heterocycles. The number of amides is 1. The molecule has 0 aliphatic carbocycles. The van der Waals surface area contributed by atoms with Crippen molar-refractivity contribution in [3.05, 3.63) is 0 Å². The number of carbonyl (C=O) groups is 2. The van der Waals surface area contributed by atoms with Crippen LogP contribution >= 0.6 is 0 Å². The van der Waals surface area contributed by atoms with Crippen molar-refractivity contribution in [3.63, 3.8) is 0 Å². The molecular formula is C9H17NO3. The van der Waals surface area contributed by atoms with Crippen LogP contribution in [0.2, 0.25) is 0 Å². The molecule has 4 nitrogen and oxygen atoms in total. The molecule has 0 aliphatic rings. The monoisotopic (exact) mass is 187 g/mol. The number of aliphatic carboxylic acids is 1. The van der Waals surface area contributed by atoms with E-state index in [1.54, 1.807) is 0 Å². The van der Waals surface area contributed by atoms with Gasteiger partial charge in [-0.15, -0.1) is 0 Å². The fourth-order valence-corrected chi connectivity index (χ4v) is 0.886. The van der Waals surface area contributed by atoms with Crippen LogP contribution in [-0.2, 0) is 9.59 Å². The first-order valence-electron chi connectivity index (χ1n) is 4.49. The van der Waals surface area contributed by atoms with Crippen LogP contribution in [0, 0.1) is 0 Å². The number of carboxylic acids is 1. The molecule has 0 aromatic carbocycles. The topological polar surface area (TPSA) is 57.6 Å². The van der Waals surface area contributed by atoms with Gasteiger partial charge < -0.3 is 10.0 Å². The molecule has 1 amide bonds. The molecule has 1 N–H and O–H groups in total. The molecule has 0 fully saturated rings. The van der Waals surface area contributed by atoms with Gasteiger partial charge in [0.25, 0.3) is 0 Å². The smallest absolute Gasteiger partial charge is 0.326 e. The van der Waals surface area contributed by atoms with Gasteiger partial charge in [-0.2, -0.15) is 0 Å². The van der Waals surface area contributed by atoms with Crippen LogP contribution < -0.4 is 0 Å². The van der Waals surface area contributed by atoms with Crippen LogP contribution in [0.25, 0.3) is 0 Å². The number of hydrogen-bond donors (Lipinski definition) is 1. The number of carbonyl (C=O) groups excluding carboxylic acids is 1. The average molecular weight is 187 g/mol. The molecular weight excluding hydrogens is 170 g/mol. The second-order valence-corrected chi connectivity index (χ2v) is 3.12. The predicted octanol–water partition coefficient (Wildman–Crippen LogP) is 1.11. The van der Waals surface area contributed by atoms with Crippen LogP contribution in [0.3, 0.4) is 0 Å². The SMILES string of the molecule is CCCCC(=O)N(C)C(C)C(=O)O. The van der Waals surface area contributed by atoms with Gasteiger partial charge in [-0.1, -0.05) is 13.3 Å². The second-order valence-electron chi connectivity index (χ2n) is 3.12. The van der Waals surface area contributed by atoms with Crippen molar-refractivity contribution in [2.45, 2.75) is 39.2 Å². The number of likely N-dealkylation sites (N-methyl/N-ethyl adjacent to an activating group) is 1. The summed E-state index contributed by atoms with van der Waals surface area (Å²) in [4.78, 5) is 23.1. The third kappa shape index (κ3) is 3.92. The molecule has 0 aromatic rings. The highest BCUT2D eigenvalue weighted by atomic mass is 16.4. The highest BCUT2D eigenvalue weighted by Gasteiger charge is 2.20. The summed E-state index contributed by atoms with van der Waals surface area (Å²) in [6, 6.07) is -0.732. The van der Waals surface area contributed by atoms with Crippen LogP contribution in [-0.4, -0.2) is 35.0 Å². The summed E-state index contributed by atoms with van der Waals surface area (Å²) in [7, 11) is 1.52. The fourth-order valence-electron chi connectivity index (χ4n) is 0.886. The Labute approximate surface area is 78.5 Å². The zero-order valence-corrected chi connectivity index (χ0v) is 8.41. The molecule has 4 heteroatoms. The first kappa shape index (κ1) is 11.9. The maximum absolute atomic E-state index is 11.3. The van der Waals surface area contributed by atoms with E-state index in [1.807, 2.05) is 6.92 Å². The van der Waals surface area contributed by atoms with Gasteiger partial charge in [-0.05, 0) is 13.3 Å². The highest BCUT2D eigenvalue weighted by molar-refractivity contribution is 5.83. The van der Waals surface area contributed by atoms with E-state index < -0.39 is 12.0 Å². The summed E-state index contributed by atoms with van der Waals surface area (Å²) in [5.74, 6) is -1.07. The van der Waals surface area contributed by atoms with Gasteiger partial charge in [0.15, 0.2) is 0 Å². The Morgan fingerprint density at radius 2 is 2.00 bits per heavy atom. The molecule has 0 aromatic heterocycles. The zero-order chi connectivity index (χ0) is 10.4. The Kier molecular flexibility index (Phi) is 5.11. The molecule has 0 radical (unpaired) electrons. The molecule has 1 unspecified atom stereocenters. The maximum Gasteiger partial charge on any atom is 0.326 e. The molecule has 0 saturated carbocycles. The number of nitrogens with zero attached hydrogens (tertiary/aromatic N) is 1. The van der Waals surface area contributed by atoms with E-state index in [-0.39, 0.29) is 5.91 Å². The standard InChI is InChI=1S/C9H17NO3/c1-4-5-6-8(11)10(3)7(2)9(12)13/h7H,4-6H2,1-3H3,(H,12,13). The van der Waals surface area contributed by atoms with Gasteiger partial charge in [-0.3, -0.25) is 4.79 Å². The Hall–Kier alpha value is -1.06. The maximum atomic E-state index is 11.3. The van der Waals surface area contributed by atoms with E-state index in [2.05, 4.69) is 0 Å². The van der Waals surface area contributed by atoms with E-state index >= 15 is 0 Å². The van der Waals surface area contributed by atoms with Crippen molar-refractivity contribution in [2.75, 3.05) is 7.05 Å². The lowest BCUT2D eigenvalue weighted by Crippen LogP contribution is -2.40. The minimum absolute atomic E-state index is 0.100. The van der Waals surface area contributed by atoms with Gasteiger partial charge >= 0.3 is 5.97 Å². The Bertz CT molecular complexity index is 191. The van der Waals surface area contributed by atoms with Crippen LogP contribution in [0.4, 0.5) is 0 Å². The number of carboxylic acid groups (broad SMARTS) is 1. The lowest BCUT2D eigenvalue weighted by molar-refractivity contribution is -0.148. The summed E-state index contributed by atoms with van der Waals surface area (Å²) in [5.41, 5.74) is 0. The quantitative estimate of drug-likeness (QED) is 0.701. The third-order valence-corrected chi connectivity index (χ3v) is 2.08. The van der Waals surface area contributed by atoms with Crippen molar-refractivity contribution < 1.29 is 14.7 Å². The van der Waals surface area contributed by atoms with E-state index in [9.17, 15) is 9.59 Å². The highest BCUT2D eigenvalue weighted by Crippen LogP contribution is 2.02. The van der Waals surface area contributed by atoms with E-state index in [1.165, 1.54) is 18.9 Å². The van der Waals surface area contributed by atoms with Gasteiger partial charge in [0.2, 0.25) is 5.91 Å². The van der Waals surface area contributed by atoms with E-state index in [0.29, 0.717) is 6.42 Å². The molecule has 0 heterocycles. The van der Waals surface area contributed by atoms with Gasteiger partial charge in [-0.25, -0.2) is 4.79 Å². The van der Waals surface area contributed by atoms with E-state index in [0.717, 1.165) is 12.8 Å². The third-order valence-electron chi connectivity index (χ3n) is 2.08. The summed E-state index contributed by atoms with van der Waals surface area (Å²) < 4.78 is 0. The van der Waals surface area contributed by atoms with Gasteiger partial charge in [0, 0.05) is 13.5 Å². The van der Waals surface area contributed by atoms with Crippen molar-refractivity contribution in [1.82, 2.24) is 4.90 Å². The number of unbranched alkanes of at least 4 members (excludes halogenated alkanes) is 1. The number of hydrogen-bond acceptors (Lipinski definition) is 2. The Morgan fingerprint density at radius 1 is 1.46 bits per heavy atom. The number of rotatable bonds is 5. The molecule has 0 aliphatic heterocycles. The summed E-state index contributed by atoms with van der Waals surface area (Å²) in [6.07, 6.45) is 2.20. The second kappa shape index (κ2) is 5.56. The summed E-state index contributed by atoms with van der Waals surface area (Å²) in [6.45, 7) is 3.50. The first-order chi connectivity index (χ1) is 6.00. The summed E-state index contributed by atoms with van der Waals surface area (Å²) in [5, 5.41) is 8.63. The minimum atomic E-state index is -0.965. The zero-order valence-electron chi connectivity index (χ0n) is 8.41. The molecule has 0 spiro atoms. The Balaban J connectivity index is 4.01. The van der Waals surface area contributed by atoms with Gasteiger partial charge in [0.05, 0.1) is 0 Å². The Morgan fingerprint density at radius 3 is 2.38 bits per heavy atom. The van der Waals surface area contributed by atoms with Gasteiger partial charge in [0.1, 0.15) is 6.04 Å². The lowest BCUT2D eigenvalue weighted by Gasteiger charge is -2.21. The molecule has 76 valence electrons. The average Bonchev–Trinajstić information content (AvgIpc) is 2.11.